The number of carbonyl (C=O) groups is 1. The molecule has 0 saturated carbocycles. The Hall–Kier alpha value is -3.71. The molecule has 0 spiro atoms. The number of halogens is 2. The molecule has 2 saturated heterocycles. The molecule has 11 nitrogen and oxygen atoms in total. The largest absolute Gasteiger partial charge is 0.490 e. The van der Waals surface area contributed by atoms with Crippen LogP contribution in [0.15, 0.2) is 41.3 Å². The first-order valence-corrected chi connectivity index (χ1v) is 15.1. The van der Waals surface area contributed by atoms with E-state index in [1.807, 2.05) is 0 Å². The molecule has 1 aromatic carbocycles. The maximum atomic E-state index is 15.2. The number of alkyl halides is 1. The Labute approximate surface area is 255 Å². The van der Waals surface area contributed by atoms with Crippen LogP contribution in [0.5, 0.6) is 5.75 Å². The number of ether oxygens (including phenoxy) is 2. The van der Waals surface area contributed by atoms with Crippen LogP contribution in [0.2, 0.25) is 0 Å². The topological polar surface area (TPSA) is 136 Å². The number of nitrogens with one attached hydrogen (secondary N) is 3. The van der Waals surface area contributed by atoms with Crippen molar-refractivity contribution in [2.75, 3.05) is 32.8 Å². The molecule has 2 aliphatic heterocycles. The van der Waals surface area contributed by atoms with Crippen molar-refractivity contribution < 1.29 is 27.6 Å². The predicted octanol–water partition coefficient (Wildman–Crippen LogP) is 4.30. The van der Waals surface area contributed by atoms with Crippen LogP contribution < -0.4 is 20.7 Å². The van der Waals surface area contributed by atoms with Gasteiger partial charge < -0.3 is 29.9 Å². The average Bonchev–Trinajstić information content (AvgIpc) is 3.69. The summed E-state index contributed by atoms with van der Waals surface area (Å²) < 4.78 is 46.0. The highest BCUT2D eigenvalue weighted by molar-refractivity contribution is 5.69. The van der Waals surface area contributed by atoms with Gasteiger partial charge in [0.05, 0.1) is 25.2 Å². The minimum absolute atomic E-state index is 0.205. The van der Waals surface area contributed by atoms with E-state index in [1.165, 1.54) is 18.2 Å². The Kier molecular flexibility index (Phi) is 9.45. The average molecular weight is 614 g/mol. The Morgan fingerprint density at radius 3 is 2.66 bits per heavy atom. The lowest BCUT2D eigenvalue weighted by atomic mass is 9.66. The third-order valence-corrected chi connectivity index (χ3v) is 8.77. The molecule has 3 N–H and O–H groups in total. The van der Waals surface area contributed by atoms with Gasteiger partial charge in [-0.1, -0.05) is 19.4 Å². The van der Waals surface area contributed by atoms with E-state index < -0.39 is 35.6 Å². The van der Waals surface area contributed by atoms with Crippen molar-refractivity contribution in [3.63, 3.8) is 0 Å². The fraction of sp³-hybridized carbons (Fsp3) is 0.581. The number of hydrogen-bond donors (Lipinski definition) is 3. The van der Waals surface area contributed by atoms with Gasteiger partial charge in [0.1, 0.15) is 23.6 Å². The molecule has 238 valence electrons. The zero-order valence-electron chi connectivity index (χ0n) is 25.7. The van der Waals surface area contributed by atoms with Gasteiger partial charge in [0.15, 0.2) is 17.3 Å². The molecule has 4 heterocycles. The minimum atomic E-state index is -1.27. The second-order valence-electron chi connectivity index (χ2n) is 12.6. The van der Waals surface area contributed by atoms with Crippen molar-refractivity contribution in [1.29, 1.82) is 0 Å². The van der Waals surface area contributed by atoms with Gasteiger partial charge in [0.25, 0.3) is 0 Å². The molecule has 0 aliphatic carbocycles. The Balaban J connectivity index is 1.39. The van der Waals surface area contributed by atoms with E-state index >= 15 is 4.39 Å². The van der Waals surface area contributed by atoms with Gasteiger partial charge in [0, 0.05) is 29.7 Å². The Morgan fingerprint density at radius 1 is 1.18 bits per heavy atom. The highest BCUT2D eigenvalue weighted by atomic mass is 19.1. The lowest BCUT2D eigenvalue weighted by molar-refractivity contribution is 0.0444. The highest BCUT2D eigenvalue weighted by Crippen LogP contribution is 2.43. The van der Waals surface area contributed by atoms with Crippen LogP contribution in [0.4, 0.5) is 13.6 Å². The van der Waals surface area contributed by atoms with Crippen molar-refractivity contribution in [2.45, 2.75) is 76.1 Å². The number of amides is 1. The van der Waals surface area contributed by atoms with E-state index in [-0.39, 0.29) is 23.3 Å². The molecule has 2 fully saturated rings. The van der Waals surface area contributed by atoms with Crippen molar-refractivity contribution in [2.24, 2.45) is 5.92 Å². The first kappa shape index (κ1) is 31.7. The molecular formula is C31H41F2N7O4. The minimum Gasteiger partial charge on any atom is -0.490 e. The fourth-order valence-electron chi connectivity index (χ4n) is 6.60. The van der Waals surface area contributed by atoms with E-state index in [1.54, 1.807) is 39.4 Å². The Bertz CT molecular complexity index is 1400. The van der Waals surface area contributed by atoms with E-state index in [0.29, 0.717) is 36.8 Å². The van der Waals surface area contributed by atoms with Gasteiger partial charge >= 0.3 is 6.09 Å². The molecule has 5 rings (SSSR count). The molecule has 1 unspecified atom stereocenters. The molecule has 44 heavy (non-hydrogen) atoms. The van der Waals surface area contributed by atoms with Gasteiger partial charge in [-0.15, -0.1) is 5.10 Å². The van der Waals surface area contributed by atoms with Crippen LogP contribution in [0.1, 0.15) is 75.6 Å². The summed E-state index contributed by atoms with van der Waals surface area (Å²) in [5.41, 5.74) is -1.71. The number of hydrogen-bond acceptors (Lipinski definition) is 10. The number of piperidine rings is 1. The first-order chi connectivity index (χ1) is 21.1. The monoisotopic (exact) mass is 613 g/mol. The summed E-state index contributed by atoms with van der Waals surface area (Å²) in [6.07, 6.45) is 6.61. The number of nitrogens with zero attached hydrogens (tertiary/aromatic N) is 4. The molecule has 4 atom stereocenters. The third-order valence-electron chi connectivity index (χ3n) is 8.77. The zero-order valence-corrected chi connectivity index (χ0v) is 25.7. The van der Waals surface area contributed by atoms with Crippen molar-refractivity contribution in [3.05, 3.63) is 65.3 Å². The SMILES string of the molecule is CCC1CNCC[C@@]1(CCOc1cnc([C@]2(NC(=O)OC(C)(C)C)CNC[C@@H]2c2cc(CF)ccc2F)nc1)c1cnno1. The zero-order chi connectivity index (χ0) is 31.4. The summed E-state index contributed by atoms with van der Waals surface area (Å²) in [6.45, 7) is 9.30. The number of rotatable bonds is 10. The second-order valence-corrected chi connectivity index (χ2v) is 12.6. The lowest BCUT2D eigenvalue weighted by Crippen LogP contribution is -2.53. The van der Waals surface area contributed by atoms with Gasteiger partial charge in [-0.2, -0.15) is 0 Å². The molecule has 2 aliphatic rings. The number of aromatic nitrogens is 4. The van der Waals surface area contributed by atoms with E-state index in [2.05, 4.69) is 43.2 Å². The molecular weight excluding hydrogens is 572 g/mol. The number of benzene rings is 1. The quantitative estimate of drug-likeness (QED) is 0.304. The van der Waals surface area contributed by atoms with Crippen molar-refractivity contribution in [1.82, 2.24) is 36.3 Å². The number of carbonyl (C=O) groups excluding carboxylic acids is 1. The molecule has 13 heteroatoms. The van der Waals surface area contributed by atoms with Crippen LogP contribution in [0, 0.1) is 11.7 Å². The van der Waals surface area contributed by atoms with Crippen LogP contribution in [-0.4, -0.2) is 64.8 Å². The molecule has 0 radical (unpaired) electrons. The summed E-state index contributed by atoms with van der Waals surface area (Å²) in [5, 5.41) is 17.3. The van der Waals surface area contributed by atoms with Crippen molar-refractivity contribution >= 4 is 6.09 Å². The van der Waals surface area contributed by atoms with E-state index in [0.717, 1.165) is 31.7 Å². The van der Waals surface area contributed by atoms with Crippen LogP contribution in [0.25, 0.3) is 0 Å². The van der Waals surface area contributed by atoms with Gasteiger partial charge in [0.2, 0.25) is 0 Å². The van der Waals surface area contributed by atoms with Crippen molar-refractivity contribution in [3.8, 4) is 5.75 Å². The van der Waals surface area contributed by atoms with Crippen LogP contribution >= 0.6 is 0 Å². The summed E-state index contributed by atoms with van der Waals surface area (Å²) >= 11 is 0. The third kappa shape index (κ3) is 6.53. The van der Waals surface area contributed by atoms with E-state index in [4.69, 9.17) is 14.0 Å². The maximum absolute atomic E-state index is 15.2. The van der Waals surface area contributed by atoms with Gasteiger partial charge in [-0.25, -0.2) is 23.5 Å². The first-order valence-electron chi connectivity index (χ1n) is 15.1. The summed E-state index contributed by atoms with van der Waals surface area (Å²) in [5.74, 6) is 0.640. The fourth-order valence-corrected chi connectivity index (χ4v) is 6.60. The molecule has 1 amide bonds. The van der Waals surface area contributed by atoms with E-state index in [9.17, 15) is 9.18 Å². The van der Waals surface area contributed by atoms with Crippen LogP contribution in [-0.2, 0) is 22.4 Å². The van der Waals surface area contributed by atoms with Gasteiger partial charge in [-0.05, 0) is 75.9 Å². The van der Waals surface area contributed by atoms with Gasteiger partial charge in [-0.3, -0.25) is 0 Å². The lowest BCUT2D eigenvalue weighted by Gasteiger charge is -2.42. The summed E-state index contributed by atoms with van der Waals surface area (Å²) in [6, 6.07) is 4.13. The maximum Gasteiger partial charge on any atom is 0.408 e. The summed E-state index contributed by atoms with van der Waals surface area (Å²) in [4.78, 5) is 22.3. The number of alkyl carbamates (subject to hydrolysis) is 1. The molecule has 3 aromatic rings. The Morgan fingerprint density at radius 2 is 1.98 bits per heavy atom. The summed E-state index contributed by atoms with van der Waals surface area (Å²) in [7, 11) is 0. The standard InChI is InChI=1S/C31H41F2N7O4/c1-5-21-14-34-10-8-30(21,26-18-38-40-44-26)9-11-42-22-15-36-27(37-16-22)31(39-28(41)43-29(2,3)4)19-35-17-24(31)23-12-20(13-32)6-7-25(23)33/h6-7,12,15-16,18,21,24,34-35H,5,8-11,13-14,17,19H2,1-4H3,(H,39,41)/t21?,24-,30+,31+/m1/s1. The van der Waals surface area contributed by atoms with Crippen LogP contribution in [0.3, 0.4) is 0 Å². The molecule has 0 bridgehead atoms. The highest BCUT2D eigenvalue weighted by Gasteiger charge is 2.50. The normalized spacial score (nSPS) is 25.5. The smallest absolute Gasteiger partial charge is 0.408 e. The molecule has 2 aromatic heterocycles. The predicted molar refractivity (Wildman–Crippen MR) is 157 cm³/mol. The second kappa shape index (κ2) is 13.1.